The van der Waals surface area contributed by atoms with Gasteiger partial charge in [-0.05, 0) is 47.1 Å². The van der Waals surface area contributed by atoms with Gasteiger partial charge in [-0.15, -0.1) is 0 Å². The van der Waals surface area contributed by atoms with Crippen LogP contribution in [0.1, 0.15) is 27.6 Å². The molecule has 6 heteroatoms. The van der Waals surface area contributed by atoms with Gasteiger partial charge in [-0.2, -0.15) is 0 Å². The average Bonchev–Trinajstić information content (AvgIpc) is 2.43. The van der Waals surface area contributed by atoms with Crippen molar-refractivity contribution in [2.45, 2.75) is 6.92 Å². The molecule has 2 aromatic rings. The fourth-order valence-electron chi connectivity index (χ4n) is 1.75. The lowest BCUT2D eigenvalue weighted by atomic mass is 10.1. The molecule has 21 heavy (non-hydrogen) atoms. The van der Waals surface area contributed by atoms with Gasteiger partial charge in [0.2, 0.25) is 0 Å². The summed E-state index contributed by atoms with van der Waals surface area (Å²) in [5, 5.41) is 2.64. The summed E-state index contributed by atoms with van der Waals surface area (Å²) in [6.45, 7) is 1.44. The number of ketones is 1. The summed E-state index contributed by atoms with van der Waals surface area (Å²) in [4.78, 5) is 23.5. The highest BCUT2D eigenvalue weighted by Crippen LogP contribution is 2.24. The van der Waals surface area contributed by atoms with Crippen molar-refractivity contribution in [3.8, 4) is 0 Å². The molecule has 0 saturated heterocycles. The highest BCUT2D eigenvalue weighted by molar-refractivity contribution is 9.10. The normalized spacial score (nSPS) is 10.2. The standard InChI is InChI=1S/C15H12BrFN2O2/c1-8(20)9-3-2-4-10(5-9)19-15(21)11-6-14(18)13(17)7-12(11)16/h2-7H,18H2,1H3,(H,19,21). The second-order valence-electron chi connectivity index (χ2n) is 4.44. The molecule has 3 N–H and O–H groups in total. The molecule has 0 bridgehead atoms. The minimum atomic E-state index is -0.600. The van der Waals surface area contributed by atoms with E-state index in [2.05, 4.69) is 21.2 Å². The van der Waals surface area contributed by atoms with Crippen molar-refractivity contribution in [1.82, 2.24) is 0 Å². The predicted molar refractivity (Wildman–Crippen MR) is 82.9 cm³/mol. The van der Waals surface area contributed by atoms with Crippen LogP contribution in [-0.4, -0.2) is 11.7 Å². The third-order valence-corrected chi connectivity index (χ3v) is 3.51. The zero-order valence-corrected chi connectivity index (χ0v) is 12.7. The SMILES string of the molecule is CC(=O)c1cccc(NC(=O)c2cc(N)c(F)cc2Br)c1. The van der Waals surface area contributed by atoms with Gasteiger partial charge in [0.25, 0.3) is 5.91 Å². The second kappa shape index (κ2) is 6.05. The van der Waals surface area contributed by atoms with Crippen LogP contribution in [0.15, 0.2) is 40.9 Å². The van der Waals surface area contributed by atoms with Gasteiger partial charge in [0.15, 0.2) is 5.78 Å². The van der Waals surface area contributed by atoms with Crippen molar-refractivity contribution in [3.63, 3.8) is 0 Å². The summed E-state index contributed by atoms with van der Waals surface area (Å²) in [6, 6.07) is 8.94. The fraction of sp³-hybridized carbons (Fsp3) is 0.0667. The Morgan fingerprint density at radius 1 is 1.24 bits per heavy atom. The monoisotopic (exact) mass is 350 g/mol. The first-order valence-corrected chi connectivity index (χ1v) is 6.84. The van der Waals surface area contributed by atoms with E-state index in [0.29, 0.717) is 15.7 Å². The molecule has 0 unspecified atom stereocenters. The molecule has 0 atom stereocenters. The summed E-state index contributed by atoms with van der Waals surface area (Å²) < 4.78 is 13.6. The first-order chi connectivity index (χ1) is 9.88. The molecular formula is C15H12BrFN2O2. The first-order valence-electron chi connectivity index (χ1n) is 6.05. The van der Waals surface area contributed by atoms with Crippen molar-refractivity contribution in [2.75, 3.05) is 11.1 Å². The Labute approximate surface area is 129 Å². The van der Waals surface area contributed by atoms with Gasteiger partial charge in [0.05, 0.1) is 11.3 Å². The summed E-state index contributed by atoms with van der Waals surface area (Å²) >= 11 is 3.12. The van der Waals surface area contributed by atoms with Crippen LogP contribution in [0, 0.1) is 5.82 Å². The largest absolute Gasteiger partial charge is 0.396 e. The van der Waals surface area contributed by atoms with E-state index in [9.17, 15) is 14.0 Å². The molecule has 0 spiro atoms. The molecule has 0 heterocycles. The van der Waals surface area contributed by atoms with Crippen LogP contribution in [0.5, 0.6) is 0 Å². The molecule has 0 fully saturated rings. The van der Waals surface area contributed by atoms with E-state index in [-0.39, 0.29) is 17.0 Å². The molecule has 0 saturated carbocycles. The van der Waals surface area contributed by atoms with Gasteiger partial charge in [0.1, 0.15) is 5.82 Å². The maximum absolute atomic E-state index is 13.3. The molecule has 2 rings (SSSR count). The van der Waals surface area contributed by atoms with E-state index < -0.39 is 11.7 Å². The maximum Gasteiger partial charge on any atom is 0.256 e. The summed E-state index contributed by atoms with van der Waals surface area (Å²) in [5.41, 5.74) is 6.53. The molecule has 0 aliphatic rings. The Bertz CT molecular complexity index is 732. The third-order valence-electron chi connectivity index (χ3n) is 2.86. The topological polar surface area (TPSA) is 72.2 Å². The Morgan fingerprint density at radius 2 is 1.95 bits per heavy atom. The highest BCUT2D eigenvalue weighted by Gasteiger charge is 2.14. The van der Waals surface area contributed by atoms with E-state index in [1.807, 2.05) is 0 Å². The van der Waals surface area contributed by atoms with Gasteiger partial charge in [0, 0.05) is 15.7 Å². The molecule has 0 aliphatic carbocycles. The van der Waals surface area contributed by atoms with Crippen LogP contribution < -0.4 is 11.1 Å². The first kappa shape index (κ1) is 15.2. The van der Waals surface area contributed by atoms with Crippen molar-refractivity contribution in [3.05, 3.63) is 57.8 Å². The lowest BCUT2D eigenvalue weighted by molar-refractivity contribution is 0.101. The number of nitrogen functional groups attached to an aromatic ring is 1. The summed E-state index contributed by atoms with van der Waals surface area (Å²) in [5.74, 6) is -1.15. The number of hydrogen-bond acceptors (Lipinski definition) is 3. The number of Topliss-reactive ketones (excluding diaryl/α,β-unsaturated/α-hetero) is 1. The van der Waals surface area contributed by atoms with Gasteiger partial charge < -0.3 is 11.1 Å². The van der Waals surface area contributed by atoms with Crippen LogP contribution in [0.3, 0.4) is 0 Å². The number of amides is 1. The Kier molecular flexibility index (Phi) is 4.37. The summed E-state index contributed by atoms with van der Waals surface area (Å²) in [6.07, 6.45) is 0. The minimum Gasteiger partial charge on any atom is -0.396 e. The van der Waals surface area contributed by atoms with E-state index in [1.54, 1.807) is 24.3 Å². The molecular weight excluding hydrogens is 339 g/mol. The van der Waals surface area contributed by atoms with E-state index in [4.69, 9.17) is 5.73 Å². The number of hydrogen-bond donors (Lipinski definition) is 2. The van der Waals surface area contributed by atoms with Crippen LogP contribution in [0.2, 0.25) is 0 Å². The maximum atomic E-state index is 13.3. The van der Waals surface area contributed by atoms with Crippen molar-refractivity contribution < 1.29 is 14.0 Å². The van der Waals surface area contributed by atoms with Gasteiger partial charge >= 0.3 is 0 Å². The highest BCUT2D eigenvalue weighted by atomic mass is 79.9. The van der Waals surface area contributed by atoms with Gasteiger partial charge in [-0.1, -0.05) is 12.1 Å². The fourth-order valence-corrected chi connectivity index (χ4v) is 2.25. The van der Waals surface area contributed by atoms with Crippen molar-refractivity contribution in [1.29, 1.82) is 0 Å². The molecule has 0 radical (unpaired) electrons. The Hall–Kier alpha value is -2.21. The molecule has 0 aromatic heterocycles. The number of halogens is 2. The molecule has 0 aliphatic heterocycles. The zero-order valence-electron chi connectivity index (χ0n) is 11.1. The summed E-state index contributed by atoms with van der Waals surface area (Å²) in [7, 11) is 0. The van der Waals surface area contributed by atoms with Crippen molar-refractivity contribution >= 4 is 39.0 Å². The number of carbonyl (C=O) groups excluding carboxylic acids is 2. The third kappa shape index (κ3) is 3.46. The quantitative estimate of drug-likeness (QED) is 0.655. The van der Waals surface area contributed by atoms with Gasteiger partial charge in [-0.25, -0.2) is 4.39 Å². The van der Waals surface area contributed by atoms with Crippen LogP contribution in [-0.2, 0) is 0 Å². The Morgan fingerprint density at radius 3 is 2.62 bits per heavy atom. The van der Waals surface area contributed by atoms with Crippen LogP contribution in [0.4, 0.5) is 15.8 Å². The smallest absolute Gasteiger partial charge is 0.256 e. The second-order valence-corrected chi connectivity index (χ2v) is 5.30. The average molecular weight is 351 g/mol. The van der Waals surface area contributed by atoms with E-state index >= 15 is 0 Å². The minimum absolute atomic E-state index is 0.0988. The number of anilines is 2. The molecule has 1 amide bonds. The van der Waals surface area contributed by atoms with E-state index in [0.717, 1.165) is 6.07 Å². The number of carbonyl (C=O) groups is 2. The van der Waals surface area contributed by atoms with Crippen LogP contribution in [0.25, 0.3) is 0 Å². The molecule has 2 aromatic carbocycles. The predicted octanol–water partition coefficient (Wildman–Crippen LogP) is 3.63. The van der Waals surface area contributed by atoms with Crippen LogP contribution >= 0.6 is 15.9 Å². The zero-order chi connectivity index (χ0) is 15.6. The lowest BCUT2D eigenvalue weighted by Gasteiger charge is -2.09. The number of rotatable bonds is 3. The molecule has 4 nitrogen and oxygen atoms in total. The van der Waals surface area contributed by atoms with Gasteiger partial charge in [-0.3, -0.25) is 9.59 Å². The van der Waals surface area contributed by atoms with E-state index in [1.165, 1.54) is 13.0 Å². The van der Waals surface area contributed by atoms with Crippen molar-refractivity contribution in [2.24, 2.45) is 0 Å². The number of nitrogens with two attached hydrogens (primary N) is 1. The lowest BCUT2D eigenvalue weighted by Crippen LogP contribution is -2.13. The molecule has 108 valence electrons. The number of benzene rings is 2. The number of nitrogens with one attached hydrogen (secondary N) is 1. The Balaban J connectivity index is 2.28.